The van der Waals surface area contributed by atoms with Crippen molar-refractivity contribution in [3.05, 3.63) is 18.3 Å². The van der Waals surface area contributed by atoms with Crippen LogP contribution in [0.3, 0.4) is 0 Å². The number of carbonyl (C=O) groups is 1. The van der Waals surface area contributed by atoms with Crippen LogP contribution in [0.25, 0.3) is 0 Å². The third kappa shape index (κ3) is 2.49. The Kier molecular flexibility index (Phi) is 3.17. The summed E-state index contributed by atoms with van der Waals surface area (Å²) in [6.07, 6.45) is 3.52. The van der Waals surface area contributed by atoms with Gasteiger partial charge < -0.3 is 16.4 Å². The summed E-state index contributed by atoms with van der Waals surface area (Å²) in [7, 11) is 0. The van der Waals surface area contributed by atoms with Crippen molar-refractivity contribution < 1.29 is 4.79 Å². The van der Waals surface area contributed by atoms with E-state index in [0.717, 1.165) is 18.5 Å². The number of nitrogen functional groups attached to an aromatic ring is 1. The third-order valence-corrected chi connectivity index (χ3v) is 3.38. The Hall–Kier alpha value is -1.78. The summed E-state index contributed by atoms with van der Waals surface area (Å²) in [5.41, 5.74) is 12.1. The van der Waals surface area contributed by atoms with Gasteiger partial charge in [0.25, 0.3) is 0 Å². The lowest BCUT2D eigenvalue weighted by molar-refractivity contribution is -0.122. The van der Waals surface area contributed by atoms with Gasteiger partial charge in [-0.15, -0.1) is 0 Å². The molecule has 1 aliphatic heterocycles. The van der Waals surface area contributed by atoms with Crippen molar-refractivity contribution in [3.8, 4) is 0 Å². The van der Waals surface area contributed by atoms with Crippen molar-refractivity contribution >= 4 is 17.4 Å². The molecule has 1 fully saturated rings. The minimum atomic E-state index is -0.219. The molecule has 2 rings (SSSR count). The van der Waals surface area contributed by atoms with Crippen molar-refractivity contribution in [1.82, 2.24) is 4.98 Å². The monoisotopic (exact) mass is 234 g/mol. The second kappa shape index (κ2) is 4.61. The molecule has 5 heteroatoms. The predicted molar refractivity (Wildman–Crippen MR) is 67.4 cm³/mol. The zero-order valence-electron chi connectivity index (χ0n) is 9.97. The largest absolute Gasteiger partial charge is 0.384 e. The Bertz CT molecular complexity index is 421. The molecule has 92 valence electrons. The van der Waals surface area contributed by atoms with Crippen molar-refractivity contribution in [3.63, 3.8) is 0 Å². The summed E-state index contributed by atoms with van der Waals surface area (Å²) in [6.45, 7) is 2.81. The summed E-state index contributed by atoms with van der Waals surface area (Å²) >= 11 is 0. The van der Waals surface area contributed by atoms with E-state index in [9.17, 15) is 4.79 Å². The number of anilines is 2. The highest BCUT2D eigenvalue weighted by Gasteiger charge is 2.28. The molecule has 0 aromatic carbocycles. The van der Waals surface area contributed by atoms with Gasteiger partial charge in [0.1, 0.15) is 5.82 Å². The van der Waals surface area contributed by atoms with E-state index < -0.39 is 0 Å². The number of pyridine rings is 1. The number of nitrogens with two attached hydrogens (primary N) is 2. The number of nitrogens with zero attached hydrogens (tertiary/aromatic N) is 2. The number of carbonyl (C=O) groups excluding carboxylic acids is 1. The Balaban J connectivity index is 2.20. The van der Waals surface area contributed by atoms with E-state index in [2.05, 4.69) is 16.8 Å². The first-order chi connectivity index (χ1) is 8.08. The number of piperidine rings is 1. The Morgan fingerprint density at radius 2 is 2.29 bits per heavy atom. The first-order valence-corrected chi connectivity index (χ1v) is 5.85. The van der Waals surface area contributed by atoms with Crippen LogP contribution in [0.5, 0.6) is 0 Å². The lowest BCUT2D eigenvalue weighted by atomic mass is 9.92. The fourth-order valence-electron chi connectivity index (χ4n) is 2.31. The zero-order chi connectivity index (χ0) is 12.4. The first-order valence-electron chi connectivity index (χ1n) is 5.85. The topological polar surface area (TPSA) is 85.2 Å². The molecule has 17 heavy (non-hydrogen) atoms. The van der Waals surface area contributed by atoms with E-state index in [1.165, 1.54) is 0 Å². The molecule has 5 nitrogen and oxygen atoms in total. The number of rotatable bonds is 2. The summed E-state index contributed by atoms with van der Waals surface area (Å²) in [4.78, 5) is 17.4. The van der Waals surface area contributed by atoms with Crippen molar-refractivity contribution in [2.24, 2.45) is 11.7 Å². The van der Waals surface area contributed by atoms with Crippen LogP contribution in [-0.4, -0.2) is 23.5 Å². The maximum atomic E-state index is 11.3. The van der Waals surface area contributed by atoms with Gasteiger partial charge in [-0.05, 0) is 25.8 Å². The number of hydrogen-bond acceptors (Lipinski definition) is 4. The highest BCUT2D eigenvalue weighted by Crippen LogP contribution is 2.27. The molecule has 0 bridgehead atoms. The van der Waals surface area contributed by atoms with Gasteiger partial charge >= 0.3 is 0 Å². The van der Waals surface area contributed by atoms with Gasteiger partial charge in [-0.25, -0.2) is 4.98 Å². The molecule has 2 atom stereocenters. The molecule has 1 saturated heterocycles. The molecule has 1 amide bonds. The Labute approximate surface area is 101 Å². The smallest absolute Gasteiger partial charge is 0.222 e. The summed E-state index contributed by atoms with van der Waals surface area (Å²) in [5.74, 6) is 0.209. The van der Waals surface area contributed by atoms with Crippen LogP contribution in [0, 0.1) is 5.92 Å². The van der Waals surface area contributed by atoms with Gasteiger partial charge in [-0.1, -0.05) is 0 Å². The zero-order valence-corrected chi connectivity index (χ0v) is 9.97. The Morgan fingerprint density at radius 3 is 2.94 bits per heavy atom. The normalized spacial score (nSPS) is 24.6. The van der Waals surface area contributed by atoms with Gasteiger partial charge in [0.15, 0.2) is 0 Å². The number of primary amides is 1. The third-order valence-electron chi connectivity index (χ3n) is 3.38. The number of amides is 1. The van der Waals surface area contributed by atoms with Crippen LogP contribution in [-0.2, 0) is 4.79 Å². The van der Waals surface area contributed by atoms with E-state index in [1.54, 1.807) is 6.20 Å². The molecule has 0 spiro atoms. The molecule has 1 aromatic rings. The van der Waals surface area contributed by atoms with Crippen molar-refractivity contribution in [1.29, 1.82) is 0 Å². The lowest BCUT2D eigenvalue weighted by Gasteiger charge is -2.38. The van der Waals surface area contributed by atoms with Crippen LogP contribution < -0.4 is 16.4 Å². The van der Waals surface area contributed by atoms with Crippen LogP contribution in [0.15, 0.2) is 18.3 Å². The van der Waals surface area contributed by atoms with Gasteiger partial charge in [-0.3, -0.25) is 4.79 Å². The van der Waals surface area contributed by atoms with E-state index >= 15 is 0 Å². The molecule has 0 radical (unpaired) electrons. The molecular formula is C12H18N4O. The van der Waals surface area contributed by atoms with E-state index in [-0.39, 0.29) is 11.8 Å². The highest BCUT2D eigenvalue weighted by atomic mass is 16.1. The molecule has 2 unspecified atom stereocenters. The minimum Gasteiger partial charge on any atom is -0.384 e. The van der Waals surface area contributed by atoms with Crippen LogP contribution in [0.2, 0.25) is 0 Å². The molecule has 1 aliphatic rings. The fourth-order valence-corrected chi connectivity index (χ4v) is 2.31. The average Bonchev–Trinajstić information content (AvgIpc) is 2.29. The van der Waals surface area contributed by atoms with Crippen molar-refractivity contribution in [2.75, 3.05) is 17.2 Å². The second-order valence-electron chi connectivity index (χ2n) is 4.62. The van der Waals surface area contributed by atoms with Crippen LogP contribution in [0.4, 0.5) is 11.5 Å². The molecule has 4 N–H and O–H groups in total. The second-order valence-corrected chi connectivity index (χ2v) is 4.62. The average molecular weight is 234 g/mol. The predicted octanol–water partition coefficient (Wildman–Crippen LogP) is 0.754. The van der Waals surface area contributed by atoms with Gasteiger partial charge in [0, 0.05) is 30.5 Å². The highest BCUT2D eigenvalue weighted by molar-refractivity contribution is 5.77. The molecule has 2 heterocycles. The molecule has 0 saturated carbocycles. The van der Waals surface area contributed by atoms with Crippen molar-refractivity contribution in [2.45, 2.75) is 25.8 Å². The standard InChI is InChI=1S/C12H18N4O/c1-8-2-3-9(12(14)17)7-16(8)10-4-5-15-11(13)6-10/h4-6,8-9H,2-3,7H2,1H3,(H2,13,15)(H2,14,17). The summed E-state index contributed by atoms with van der Waals surface area (Å²) < 4.78 is 0. The maximum absolute atomic E-state index is 11.3. The molecular weight excluding hydrogens is 216 g/mol. The van der Waals surface area contributed by atoms with E-state index in [0.29, 0.717) is 18.4 Å². The van der Waals surface area contributed by atoms with Gasteiger partial charge in [-0.2, -0.15) is 0 Å². The quantitative estimate of drug-likeness (QED) is 0.791. The Morgan fingerprint density at radius 1 is 1.53 bits per heavy atom. The molecule has 1 aromatic heterocycles. The first kappa shape index (κ1) is 11.7. The van der Waals surface area contributed by atoms with Crippen LogP contribution >= 0.6 is 0 Å². The number of hydrogen-bond donors (Lipinski definition) is 2. The number of aromatic nitrogens is 1. The van der Waals surface area contributed by atoms with E-state index in [4.69, 9.17) is 11.5 Å². The minimum absolute atomic E-state index is 0.0689. The maximum Gasteiger partial charge on any atom is 0.222 e. The van der Waals surface area contributed by atoms with Gasteiger partial charge in [0.05, 0.1) is 5.92 Å². The van der Waals surface area contributed by atoms with Crippen LogP contribution in [0.1, 0.15) is 19.8 Å². The SMILES string of the molecule is CC1CCC(C(N)=O)CN1c1ccnc(N)c1. The lowest BCUT2D eigenvalue weighted by Crippen LogP contribution is -2.45. The molecule has 0 aliphatic carbocycles. The summed E-state index contributed by atoms with van der Waals surface area (Å²) in [5, 5.41) is 0. The van der Waals surface area contributed by atoms with Gasteiger partial charge in [0.2, 0.25) is 5.91 Å². The summed E-state index contributed by atoms with van der Waals surface area (Å²) in [6, 6.07) is 4.14. The fraction of sp³-hybridized carbons (Fsp3) is 0.500. The van der Waals surface area contributed by atoms with E-state index in [1.807, 2.05) is 12.1 Å².